The molecular weight excluding hydrogens is 591 g/mol. The van der Waals surface area contributed by atoms with Crippen LogP contribution in [0.1, 0.15) is 79.0 Å². The molecule has 4 aliphatic carbocycles. The molecule has 0 radical (unpaired) electrons. The number of anilines is 1. The molecule has 42 heavy (non-hydrogen) atoms. The molecule has 12 heteroatoms. The van der Waals surface area contributed by atoms with Gasteiger partial charge in [-0.1, -0.05) is 40.0 Å². The molecule has 0 saturated heterocycles. The zero-order chi connectivity index (χ0) is 29.2. The van der Waals surface area contributed by atoms with E-state index in [-0.39, 0.29) is 16.7 Å². The highest BCUT2D eigenvalue weighted by Crippen LogP contribution is 2.58. The maximum Gasteiger partial charge on any atom is 0.341 e. The number of ether oxygens (including phenoxy) is 1. The standard InChI is InChI=1S/C30H27Cl2F2N3O5/c31-18-2-1-3-19(32)23(18)26-17(27(42-35-26)16-4-5-16)15-40-30-11-8-29(9-12-30,10-13-30)22-14-37(36-41-22)21-7-6-20(33)24(25(21)34)28(38)39/h1-3,6-7,14,16,36H,4-5,8-13,15H2,(H,38,39). The van der Waals surface area contributed by atoms with E-state index >= 15 is 0 Å². The smallest absolute Gasteiger partial charge is 0.341 e. The SMILES string of the molecule is O=C(O)c1c(F)ccc(N2C=C(C34CCC(OCc5c(-c6c(Cl)cccc6Cl)noc5C5CC5)(CC3)CC4)ON2)c1F. The summed E-state index contributed by atoms with van der Waals surface area (Å²) in [5, 5.41) is 15.9. The molecule has 2 bridgehead atoms. The van der Waals surface area contributed by atoms with E-state index in [0.717, 1.165) is 68.8 Å². The van der Waals surface area contributed by atoms with Gasteiger partial charge in [-0.25, -0.2) is 18.6 Å². The van der Waals surface area contributed by atoms with Gasteiger partial charge >= 0.3 is 5.97 Å². The van der Waals surface area contributed by atoms with E-state index in [4.69, 9.17) is 37.3 Å². The van der Waals surface area contributed by atoms with E-state index in [0.29, 0.717) is 39.6 Å². The van der Waals surface area contributed by atoms with Crippen molar-refractivity contribution in [3.8, 4) is 11.3 Å². The molecule has 4 fully saturated rings. The van der Waals surface area contributed by atoms with Gasteiger partial charge in [-0.15, -0.1) is 0 Å². The second-order valence-corrected chi connectivity index (χ2v) is 12.4. The fraction of sp³-hybridized carbons (Fsp3) is 0.400. The maximum absolute atomic E-state index is 14.9. The molecular formula is C30H27Cl2F2N3O5. The highest BCUT2D eigenvalue weighted by molar-refractivity contribution is 6.39. The third-order valence-electron chi connectivity index (χ3n) is 9.23. The van der Waals surface area contributed by atoms with Gasteiger partial charge in [0.15, 0.2) is 11.6 Å². The number of benzene rings is 2. The van der Waals surface area contributed by atoms with Crippen molar-refractivity contribution >= 4 is 34.9 Å². The lowest BCUT2D eigenvalue weighted by molar-refractivity contribution is -0.145. The zero-order valence-corrected chi connectivity index (χ0v) is 23.9. The van der Waals surface area contributed by atoms with Crippen LogP contribution in [0.5, 0.6) is 0 Å². The van der Waals surface area contributed by atoms with Crippen molar-refractivity contribution < 1.29 is 32.8 Å². The highest BCUT2D eigenvalue weighted by Gasteiger charge is 2.53. The topological polar surface area (TPSA) is 97.1 Å². The molecule has 8 rings (SSSR count). The Balaban J connectivity index is 1.08. The summed E-state index contributed by atoms with van der Waals surface area (Å²) in [6.45, 7) is 0.337. The third kappa shape index (κ3) is 4.56. The summed E-state index contributed by atoms with van der Waals surface area (Å²) in [6.07, 6.45) is 8.50. The molecule has 5 aliphatic rings. The zero-order valence-electron chi connectivity index (χ0n) is 22.4. The summed E-state index contributed by atoms with van der Waals surface area (Å²) in [7, 11) is 0. The molecule has 3 aromatic rings. The minimum atomic E-state index is -1.68. The number of carboxylic acid groups (broad SMARTS) is 1. The average molecular weight is 618 g/mol. The van der Waals surface area contributed by atoms with Crippen LogP contribution < -0.4 is 10.6 Å². The van der Waals surface area contributed by atoms with E-state index in [1.807, 2.05) is 0 Å². The van der Waals surface area contributed by atoms with Crippen molar-refractivity contribution in [2.75, 3.05) is 5.01 Å². The summed E-state index contributed by atoms with van der Waals surface area (Å²) in [6, 6.07) is 7.46. The number of hydrogen-bond acceptors (Lipinski definition) is 7. The monoisotopic (exact) mass is 617 g/mol. The third-order valence-corrected chi connectivity index (χ3v) is 9.86. The van der Waals surface area contributed by atoms with E-state index < -0.39 is 23.2 Å². The fourth-order valence-electron chi connectivity index (χ4n) is 6.57. The normalized spacial score (nSPS) is 25.0. The van der Waals surface area contributed by atoms with Crippen LogP contribution in [0.3, 0.4) is 0 Å². The van der Waals surface area contributed by atoms with Gasteiger partial charge in [0.25, 0.3) is 0 Å². The molecule has 2 aromatic carbocycles. The van der Waals surface area contributed by atoms with E-state index in [1.165, 1.54) is 11.1 Å². The average Bonchev–Trinajstić information content (AvgIpc) is 3.54. The Morgan fingerprint density at radius 2 is 1.79 bits per heavy atom. The van der Waals surface area contributed by atoms with Crippen molar-refractivity contribution in [3.63, 3.8) is 0 Å². The first-order valence-corrected chi connectivity index (χ1v) is 14.7. The predicted octanol–water partition coefficient (Wildman–Crippen LogP) is 7.91. The quantitative estimate of drug-likeness (QED) is 0.263. The van der Waals surface area contributed by atoms with Crippen LogP contribution in [0.2, 0.25) is 10.0 Å². The van der Waals surface area contributed by atoms with Gasteiger partial charge in [0, 0.05) is 22.5 Å². The summed E-state index contributed by atoms with van der Waals surface area (Å²) < 4.78 is 41.3. The second kappa shape index (κ2) is 10.2. The number of aromatic nitrogens is 1. The van der Waals surface area contributed by atoms with Gasteiger partial charge < -0.3 is 19.2 Å². The number of nitrogens with zero attached hydrogens (tertiary/aromatic N) is 2. The number of nitrogens with one attached hydrogen (secondary N) is 1. The van der Waals surface area contributed by atoms with Gasteiger partial charge in [-0.05, 0) is 75.6 Å². The summed E-state index contributed by atoms with van der Waals surface area (Å²) in [5.74, 6) is -2.18. The molecule has 0 unspecified atom stereocenters. The predicted molar refractivity (Wildman–Crippen MR) is 150 cm³/mol. The van der Waals surface area contributed by atoms with E-state index in [1.54, 1.807) is 24.4 Å². The number of carbonyl (C=O) groups is 1. The van der Waals surface area contributed by atoms with Gasteiger partial charge in [-0.2, -0.15) is 0 Å². The number of fused-ring (bicyclic) bond motifs is 3. The minimum absolute atomic E-state index is 0.140. The number of rotatable bonds is 8. The Hall–Kier alpha value is -3.18. The van der Waals surface area contributed by atoms with Crippen molar-refractivity contribution in [1.82, 2.24) is 10.7 Å². The molecule has 2 N–H and O–H groups in total. The second-order valence-electron chi connectivity index (χ2n) is 11.6. The van der Waals surface area contributed by atoms with Crippen molar-refractivity contribution in [1.29, 1.82) is 0 Å². The van der Waals surface area contributed by atoms with E-state index in [9.17, 15) is 18.7 Å². The Morgan fingerprint density at radius 1 is 1.10 bits per heavy atom. The largest absolute Gasteiger partial charge is 0.477 e. The van der Waals surface area contributed by atoms with E-state index in [2.05, 4.69) is 10.7 Å². The van der Waals surface area contributed by atoms with Crippen molar-refractivity contribution in [2.45, 2.75) is 69.5 Å². The minimum Gasteiger partial charge on any atom is -0.477 e. The molecule has 2 heterocycles. The van der Waals surface area contributed by atoms with Crippen LogP contribution in [-0.2, 0) is 16.2 Å². The Kier molecular flexibility index (Phi) is 6.73. The summed E-state index contributed by atoms with van der Waals surface area (Å²) in [4.78, 5) is 17.2. The number of hydrazine groups is 1. The molecule has 1 aliphatic heterocycles. The molecule has 0 spiro atoms. The van der Waals surface area contributed by atoms with Crippen LogP contribution in [-0.4, -0.2) is 21.8 Å². The Labute approximate surface area is 250 Å². The lowest BCUT2D eigenvalue weighted by Gasteiger charge is -2.52. The maximum atomic E-state index is 14.9. The van der Waals surface area contributed by atoms with Crippen LogP contribution in [0.15, 0.2) is 46.8 Å². The van der Waals surface area contributed by atoms with Crippen molar-refractivity contribution in [2.24, 2.45) is 5.41 Å². The number of halogens is 4. The Morgan fingerprint density at radius 3 is 2.43 bits per heavy atom. The van der Waals surface area contributed by atoms with Gasteiger partial charge in [0.1, 0.15) is 22.8 Å². The van der Waals surface area contributed by atoms with Crippen LogP contribution in [0.4, 0.5) is 14.5 Å². The van der Waals surface area contributed by atoms with Crippen LogP contribution >= 0.6 is 23.2 Å². The molecule has 8 nitrogen and oxygen atoms in total. The number of carboxylic acids is 1. The van der Waals surface area contributed by atoms with Gasteiger partial charge in [0.05, 0.1) is 34.1 Å². The van der Waals surface area contributed by atoms with Crippen LogP contribution in [0.25, 0.3) is 11.3 Å². The molecule has 0 atom stereocenters. The van der Waals surface area contributed by atoms with Crippen molar-refractivity contribution in [3.05, 3.63) is 80.9 Å². The molecule has 0 amide bonds. The summed E-state index contributed by atoms with van der Waals surface area (Å²) in [5.41, 5.74) is 3.08. The van der Waals surface area contributed by atoms with Gasteiger partial charge in [0.2, 0.25) is 0 Å². The number of hydrogen-bond donors (Lipinski definition) is 2. The number of aromatic carboxylic acids is 1. The molecule has 4 saturated carbocycles. The highest BCUT2D eigenvalue weighted by atomic mass is 35.5. The fourth-order valence-corrected chi connectivity index (χ4v) is 7.14. The number of allylic oxidation sites excluding steroid dienone is 1. The first-order chi connectivity index (χ1) is 20.2. The molecule has 1 aromatic heterocycles. The summed E-state index contributed by atoms with van der Waals surface area (Å²) >= 11 is 13.0. The first kappa shape index (κ1) is 27.6. The van der Waals surface area contributed by atoms with Crippen LogP contribution in [0, 0.1) is 17.0 Å². The Bertz CT molecular complexity index is 1580. The molecule has 220 valence electrons. The van der Waals surface area contributed by atoms with Gasteiger partial charge in [-0.3, -0.25) is 0 Å². The first-order valence-electron chi connectivity index (χ1n) is 13.9. The lowest BCUT2D eigenvalue weighted by atomic mass is 9.58. The lowest BCUT2D eigenvalue weighted by Crippen LogP contribution is -2.48.